The largest absolute Gasteiger partial charge is 0.504 e. The molecule has 3 aliphatic heterocycles. The monoisotopic (exact) mass is 489 g/mol. The fraction of sp³-hybridized carbons (Fsp3) is 0.640. The van der Waals surface area contributed by atoms with E-state index in [0.717, 1.165) is 30.5 Å². The lowest BCUT2D eigenvalue weighted by molar-refractivity contribution is -0.308. The molecule has 10 atom stereocenters. The van der Waals surface area contributed by atoms with Gasteiger partial charge in [0.1, 0.15) is 30.5 Å². The number of carbonyl (C=O) groups is 1. The van der Waals surface area contributed by atoms with Crippen LogP contribution in [-0.2, 0) is 30.8 Å². The molecule has 1 spiro atoms. The average Bonchev–Trinajstić information content (AvgIpc) is 3.20. The minimum atomic E-state index is -1.67. The summed E-state index contributed by atoms with van der Waals surface area (Å²) in [5.74, 6) is -0.138. The number of aliphatic hydroxyl groups excluding tert-OH is 3. The second kappa shape index (κ2) is 8.16. The average molecular weight is 490 g/mol. The molecule has 0 aromatic heterocycles. The van der Waals surface area contributed by atoms with E-state index in [0.29, 0.717) is 5.75 Å². The van der Waals surface area contributed by atoms with Gasteiger partial charge < -0.3 is 44.3 Å². The molecule has 1 aromatic carbocycles. The van der Waals surface area contributed by atoms with Gasteiger partial charge in [-0.2, -0.15) is 0 Å². The lowest BCUT2D eigenvalue weighted by atomic mass is 9.53. The molecule has 0 saturated carbocycles. The molecule has 2 bridgehead atoms. The summed E-state index contributed by atoms with van der Waals surface area (Å²) in [6.07, 6.45) is -3.38. The van der Waals surface area contributed by atoms with E-state index in [1.54, 1.807) is 13.0 Å². The van der Waals surface area contributed by atoms with Gasteiger partial charge in [-0.1, -0.05) is 18.2 Å². The van der Waals surface area contributed by atoms with Crippen LogP contribution in [0, 0.1) is 5.92 Å². The van der Waals surface area contributed by atoms with Crippen molar-refractivity contribution in [2.24, 2.45) is 5.92 Å². The van der Waals surface area contributed by atoms with Crippen LogP contribution in [0.15, 0.2) is 24.3 Å². The van der Waals surface area contributed by atoms with Crippen molar-refractivity contribution >= 4 is 5.97 Å². The number of esters is 1. The van der Waals surface area contributed by atoms with Gasteiger partial charge in [0, 0.05) is 22.9 Å². The van der Waals surface area contributed by atoms with Crippen LogP contribution in [0.3, 0.4) is 0 Å². The number of likely N-dealkylation sites (N-methyl/N-ethyl adjacent to an activating group) is 1. The summed E-state index contributed by atoms with van der Waals surface area (Å²) < 4.78 is 23.2. The molecule has 6 rings (SSSR count). The number of hydrogen-bond acceptors (Lipinski definition) is 10. The van der Waals surface area contributed by atoms with Crippen molar-refractivity contribution in [2.75, 3.05) is 20.2 Å². The maximum absolute atomic E-state index is 12.3. The number of phenols is 1. The van der Waals surface area contributed by atoms with Gasteiger partial charge in [-0.15, -0.1) is 0 Å². The lowest BCUT2D eigenvalue weighted by Crippen LogP contribution is -2.66. The molecule has 10 nitrogen and oxygen atoms in total. The zero-order valence-electron chi connectivity index (χ0n) is 19.6. The van der Waals surface area contributed by atoms with E-state index in [1.807, 2.05) is 12.1 Å². The SMILES string of the molecule is CCOC(=O)[C@H]1O[C@@H](O[C@H]2C=C[C@H]3[C@H]4Cc5ccc(O)c6c5[C@@]3(CCN4C)[C@H]2O6)[C@H](O)[C@@H](O)[C@@H]1O. The van der Waals surface area contributed by atoms with Crippen LogP contribution in [-0.4, -0.2) is 100 Å². The maximum atomic E-state index is 12.3. The Balaban J connectivity index is 1.35. The zero-order chi connectivity index (χ0) is 24.6. The van der Waals surface area contributed by atoms with Crippen LogP contribution in [0.4, 0.5) is 0 Å². The maximum Gasteiger partial charge on any atom is 0.338 e. The molecule has 0 radical (unpaired) electrons. The predicted octanol–water partition coefficient (Wildman–Crippen LogP) is -0.407. The van der Waals surface area contributed by atoms with Crippen molar-refractivity contribution < 1.29 is 44.2 Å². The summed E-state index contributed by atoms with van der Waals surface area (Å²) in [6.45, 7) is 2.54. The Kier molecular flexibility index (Phi) is 5.41. The third kappa shape index (κ3) is 3.14. The summed E-state index contributed by atoms with van der Waals surface area (Å²) in [6, 6.07) is 3.90. The minimum Gasteiger partial charge on any atom is -0.504 e. The third-order valence-electron chi connectivity index (χ3n) is 8.51. The molecule has 2 fully saturated rings. The van der Waals surface area contributed by atoms with Gasteiger partial charge in [0.05, 0.1) is 6.61 Å². The lowest BCUT2D eigenvalue weighted by Gasteiger charge is -2.57. The van der Waals surface area contributed by atoms with Gasteiger partial charge in [0.2, 0.25) is 0 Å². The van der Waals surface area contributed by atoms with E-state index in [1.165, 1.54) is 0 Å². The first kappa shape index (κ1) is 23.2. The van der Waals surface area contributed by atoms with Crippen LogP contribution in [0.5, 0.6) is 11.5 Å². The molecule has 0 amide bonds. The van der Waals surface area contributed by atoms with Gasteiger partial charge in [-0.05, 0) is 45.0 Å². The normalized spacial score (nSPS) is 43.4. The zero-order valence-corrected chi connectivity index (χ0v) is 19.6. The molecule has 35 heavy (non-hydrogen) atoms. The van der Waals surface area contributed by atoms with E-state index in [9.17, 15) is 25.2 Å². The second-order valence-electron chi connectivity index (χ2n) is 10.2. The molecule has 2 saturated heterocycles. The summed E-state index contributed by atoms with van der Waals surface area (Å²) >= 11 is 0. The first-order chi connectivity index (χ1) is 16.8. The summed E-state index contributed by atoms with van der Waals surface area (Å²) in [5, 5.41) is 41.9. The first-order valence-corrected chi connectivity index (χ1v) is 12.2. The standard InChI is InChI=1S/C25H31NO9/c1-3-32-23(31)21-18(29)17(28)19(30)24(35-21)33-15-7-5-12-13-10-11-4-6-14(27)20-16(11)25(12,22(15)34-20)8-9-26(13)2/h4-7,12-13,15,17-19,21-22,24,27-30H,3,8-10H2,1-2H3/t12-,13+,15-,17-,18-,19+,21-,22-,24+,25-/m0/s1. The highest BCUT2D eigenvalue weighted by Gasteiger charge is 2.65. The highest BCUT2D eigenvalue weighted by molar-refractivity contribution is 5.75. The van der Waals surface area contributed by atoms with Crippen LogP contribution in [0.25, 0.3) is 0 Å². The summed E-state index contributed by atoms with van der Waals surface area (Å²) in [5.41, 5.74) is 1.76. The molecular formula is C25H31NO9. The minimum absolute atomic E-state index is 0.0699. The number of likely N-dealkylation sites (tertiary alicyclic amines) is 1. The molecule has 2 aliphatic carbocycles. The summed E-state index contributed by atoms with van der Waals surface area (Å²) in [4.78, 5) is 14.7. The van der Waals surface area contributed by atoms with Crippen LogP contribution in [0.1, 0.15) is 24.5 Å². The Hall–Kier alpha value is -2.21. The van der Waals surface area contributed by atoms with Gasteiger partial charge in [-0.25, -0.2) is 4.79 Å². The topological polar surface area (TPSA) is 138 Å². The number of benzene rings is 1. The second-order valence-corrected chi connectivity index (χ2v) is 10.2. The molecule has 190 valence electrons. The number of hydrogen-bond donors (Lipinski definition) is 4. The van der Waals surface area contributed by atoms with Gasteiger partial charge in [0.15, 0.2) is 23.9 Å². The van der Waals surface area contributed by atoms with Gasteiger partial charge in [-0.3, -0.25) is 0 Å². The van der Waals surface area contributed by atoms with Crippen LogP contribution < -0.4 is 4.74 Å². The van der Waals surface area contributed by atoms with E-state index in [-0.39, 0.29) is 24.3 Å². The molecular weight excluding hydrogens is 458 g/mol. The van der Waals surface area contributed by atoms with Crippen molar-refractivity contribution in [2.45, 2.75) is 74.1 Å². The number of carbonyl (C=O) groups excluding carboxylic acids is 1. The summed E-state index contributed by atoms with van der Waals surface area (Å²) in [7, 11) is 2.12. The highest BCUT2D eigenvalue weighted by Crippen LogP contribution is 2.62. The molecule has 10 heteroatoms. The predicted molar refractivity (Wildman–Crippen MR) is 120 cm³/mol. The Morgan fingerprint density at radius 2 is 2.00 bits per heavy atom. The number of aliphatic hydroxyl groups is 3. The van der Waals surface area contributed by atoms with Crippen molar-refractivity contribution in [1.29, 1.82) is 0 Å². The molecule has 5 aliphatic rings. The number of phenolic OH excluding ortho intramolecular Hbond substituents is 1. The van der Waals surface area contributed by atoms with Crippen LogP contribution in [0.2, 0.25) is 0 Å². The number of ether oxygens (including phenoxy) is 4. The number of aromatic hydroxyl groups is 1. The van der Waals surface area contributed by atoms with Gasteiger partial charge >= 0.3 is 5.97 Å². The fourth-order valence-electron chi connectivity index (χ4n) is 6.87. The quantitative estimate of drug-likeness (QED) is 0.326. The van der Waals surface area contributed by atoms with E-state index >= 15 is 0 Å². The van der Waals surface area contributed by atoms with E-state index in [2.05, 4.69) is 18.0 Å². The Bertz CT molecular complexity index is 1060. The molecule has 3 heterocycles. The molecule has 4 N–H and O–H groups in total. The van der Waals surface area contributed by atoms with Crippen molar-refractivity contribution in [3.05, 3.63) is 35.4 Å². The number of piperidine rings is 1. The van der Waals surface area contributed by atoms with E-state index < -0.39 is 54.3 Å². The van der Waals surface area contributed by atoms with Crippen molar-refractivity contribution in [1.82, 2.24) is 4.90 Å². The molecule has 0 unspecified atom stereocenters. The number of nitrogens with zero attached hydrogens (tertiary/aromatic N) is 1. The number of rotatable bonds is 4. The highest BCUT2D eigenvalue weighted by atomic mass is 16.7. The molecule has 1 aromatic rings. The Morgan fingerprint density at radius 3 is 2.77 bits per heavy atom. The Morgan fingerprint density at radius 1 is 1.20 bits per heavy atom. The smallest absolute Gasteiger partial charge is 0.338 e. The van der Waals surface area contributed by atoms with Crippen molar-refractivity contribution in [3.8, 4) is 11.5 Å². The third-order valence-corrected chi connectivity index (χ3v) is 8.51. The first-order valence-electron chi connectivity index (χ1n) is 12.2. The Labute approximate surface area is 202 Å². The van der Waals surface area contributed by atoms with Crippen molar-refractivity contribution in [3.63, 3.8) is 0 Å². The van der Waals surface area contributed by atoms with E-state index in [4.69, 9.17) is 18.9 Å². The van der Waals surface area contributed by atoms with Gasteiger partial charge in [0.25, 0.3) is 0 Å². The van der Waals surface area contributed by atoms with Crippen LogP contribution >= 0.6 is 0 Å². The fourth-order valence-corrected chi connectivity index (χ4v) is 6.87.